The van der Waals surface area contributed by atoms with Crippen LogP contribution < -0.4 is 5.73 Å². The summed E-state index contributed by atoms with van der Waals surface area (Å²) in [6, 6.07) is 9.11. The highest BCUT2D eigenvalue weighted by molar-refractivity contribution is 5.73. The van der Waals surface area contributed by atoms with Crippen LogP contribution in [0.5, 0.6) is 0 Å². The maximum atomic E-state index is 11.2. The van der Waals surface area contributed by atoms with Crippen LogP contribution in [0.25, 0.3) is 0 Å². The van der Waals surface area contributed by atoms with Crippen molar-refractivity contribution in [2.45, 2.75) is 18.9 Å². The largest absolute Gasteiger partial charge is 0.351 e. The smallest absolute Gasteiger partial charge is 0.315 e. The average Bonchev–Trinajstić information content (AvgIpc) is 2.78. The van der Waals surface area contributed by atoms with Crippen molar-refractivity contribution in [1.82, 2.24) is 4.90 Å². The molecule has 4 heteroatoms. The number of urea groups is 1. The van der Waals surface area contributed by atoms with Crippen LogP contribution in [-0.4, -0.2) is 17.5 Å². The third-order valence-corrected chi connectivity index (χ3v) is 2.94. The van der Waals surface area contributed by atoms with E-state index < -0.39 is 0 Å². The predicted octanol–water partition coefficient (Wildman–Crippen LogP) is 1.77. The van der Waals surface area contributed by atoms with Crippen molar-refractivity contribution in [2.24, 2.45) is 5.73 Å². The van der Waals surface area contributed by atoms with E-state index >= 15 is 0 Å². The first-order valence-electron chi connectivity index (χ1n) is 5.28. The van der Waals surface area contributed by atoms with Gasteiger partial charge in [-0.05, 0) is 30.5 Å². The van der Waals surface area contributed by atoms with E-state index in [0.29, 0.717) is 12.1 Å². The lowest BCUT2D eigenvalue weighted by Crippen LogP contribution is -2.35. The molecular formula is C12H13N3O. The van der Waals surface area contributed by atoms with Crippen molar-refractivity contribution in [2.75, 3.05) is 6.54 Å². The lowest BCUT2D eigenvalue weighted by atomic mass is 10.0. The van der Waals surface area contributed by atoms with Gasteiger partial charge in [-0.3, -0.25) is 0 Å². The summed E-state index contributed by atoms with van der Waals surface area (Å²) in [6.07, 6.45) is 1.88. The Kier molecular flexibility index (Phi) is 2.78. The van der Waals surface area contributed by atoms with E-state index in [1.807, 2.05) is 18.2 Å². The summed E-state index contributed by atoms with van der Waals surface area (Å²) in [5.41, 5.74) is 6.93. The molecule has 1 heterocycles. The maximum Gasteiger partial charge on any atom is 0.315 e. The van der Waals surface area contributed by atoms with E-state index in [9.17, 15) is 4.79 Å². The summed E-state index contributed by atoms with van der Waals surface area (Å²) < 4.78 is 0. The van der Waals surface area contributed by atoms with E-state index in [2.05, 4.69) is 6.07 Å². The minimum Gasteiger partial charge on any atom is -0.351 e. The van der Waals surface area contributed by atoms with E-state index in [0.717, 1.165) is 18.4 Å². The van der Waals surface area contributed by atoms with Crippen LogP contribution in [0.2, 0.25) is 0 Å². The van der Waals surface area contributed by atoms with Crippen LogP contribution in [0.15, 0.2) is 24.3 Å². The SMILES string of the molecule is N#Cc1cccc(C2CCCN2C(N)=O)c1. The summed E-state index contributed by atoms with van der Waals surface area (Å²) in [4.78, 5) is 12.9. The Morgan fingerprint density at radius 2 is 2.38 bits per heavy atom. The Morgan fingerprint density at radius 3 is 3.06 bits per heavy atom. The average molecular weight is 215 g/mol. The number of hydrogen-bond donors (Lipinski definition) is 1. The number of likely N-dealkylation sites (tertiary alicyclic amines) is 1. The number of primary amides is 1. The third kappa shape index (κ3) is 1.84. The molecule has 2 rings (SSSR count). The molecule has 1 aromatic carbocycles. The molecule has 0 aromatic heterocycles. The summed E-state index contributed by atoms with van der Waals surface area (Å²) in [5, 5.41) is 8.82. The zero-order valence-corrected chi connectivity index (χ0v) is 8.89. The number of nitrogens with two attached hydrogens (primary N) is 1. The molecule has 1 saturated heterocycles. The van der Waals surface area contributed by atoms with Crippen molar-refractivity contribution in [3.8, 4) is 6.07 Å². The fourth-order valence-electron chi connectivity index (χ4n) is 2.19. The first kappa shape index (κ1) is 10.5. The van der Waals surface area contributed by atoms with Gasteiger partial charge in [-0.2, -0.15) is 5.26 Å². The Balaban J connectivity index is 2.29. The second-order valence-corrected chi connectivity index (χ2v) is 3.93. The first-order valence-corrected chi connectivity index (χ1v) is 5.28. The quantitative estimate of drug-likeness (QED) is 0.775. The highest BCUT2D eigenvalue weighted by atomic mass is 16.2. The maximum absolute atomic E-state index is 11.2. The summed E-state index contributed by atoms with van der Waals surface area (Å²) in [7, 11) is 0. The van der Waals surface area contributed by atoms with Crippen molar-refractivity contribution in [3.63, 3.8) is 0 Å². The molecule has 0 saturated carbocycles. The number of carbonyl (C=O) groups is 1. The molecule has 1 aromatic rings. The van der Waals surface area contributed by atoms with E-state index in [1.54, 1.807) is 11.0 Å². The number of nitriles is 1. The normalized spacial score (nSPS) is 19.4. The summed E-state index contributed by atoms with van der Waals surface area (Å²) in [6.45, 7) is 0.705. The van der Waals surface area contributed by atoms with Crippen molar-refractivity contribution in [1.29, 1.82) is 5.26 Å². The van der Waals surface area contributed by atoms with Crippen molar-refractivity contribution < 1.29 is 4.79 Å². The predicted molar refractivity (Wildman–Crippen MR) is 59.4 cm³/mol. The standard InChI is InChI=1S/C12H13N3O/c13-8-9-3-1-4-10(7-9)11-5-2-6-15(11)12(14)16/h1,3-4,7,11H,2,5-6H2,(H2,14,16). The molecule has 1 fully saturated rings. The van der Waals surface area contributed by atoms with Gasteiger partial charge in [0.05, 0.1) is 17.7 Å². The van der Waals surface area contributed by atoms with Gasteiger partial charge in [0.2, 0.25) is 0 Å². The molecule has 0 radical (unpaired) electrons. The summed E-state index contributed by atoms with van der Waals surface area (Å²) >= 11 is 0. The molecule has 4 nitrogen and oxygen atoms in total. The van der Waals surface area contributed by atoms with E-state index in [1.165, 1.54) is 0 Å². The van der Waals surface area contributed by atoms with Crippen LogP contribution in [0, 0.1) is 11.3 Å². The number of benzene rings is 1. The second kappa shape index (κ2) is 4.23. The van der Waals surface area contributed by atoms with Crippen LogP contribution in [-0.2, 0) is 0 Å². The number of rotatable bonds is 1. The number of nitrogens with zero attached hydrogens (tertiary/aromatic N) is 2. The fourth-order valence-corrected chi connectivity index (χ4v) is 2.19. The lowest BCUT2D eigenvalue weighted by Gasteiger charge is -2.22. The zero-order valence-electron chi connectivity index (χ0n) is 8.89. The van der Waals surface area contributed by atoms with Crippen LogP contribution in [0.3, 0.4) is 0 Å². The van der Waals surface area contributed by atoms with Crippen molar-refractivity contribution >= 4 is 6.03 Å². The molecule has 1 atom stereocenters. The second-order valence-electron chi connectivity index (χ2n) is 3.93. The van der Waals surface area contributed by atoms with Gasteiger partial charge in [-0.15, -0.1) is 0 Å². The number of carbonyl (C=O) groups excluding carboxylic acids is 1. The number of hydrogen-bond acceptors (Lipinski definition) is 2. The zero-order chi connectivity index (χ0) is 11.5. The lowest BCUT2D eigenvalue weighted by molar-refractivity contribution is 0.203. The molecule has 0 bridgehead atoms. The van der Waals surface area contributed by atoms with Gasteiger partial charge in [0.15, 0.2) is 0 Å². The van der Waals surface area contributed by atoms with Gasteiger partial charge >= 0.3 is 6.03 Å². The molecule has 2 N–H and O–H groups in total. The Labute approximate surface area is 94.3 Å². The minimum atomic E-state index is -0.384. The van der Waals surface area contributed by atoms with E-state index in [4.69, 9.17) is 11.0 Å². The third-order valence-electron chi connectivity index (χ3n) is 2.94. The highest BCUT2D eigenvalue weighted by Crippen LogP contribution is 2.31. The summed E-state index contributed by atoms with van der Waals surface area (Å²) in [5.74, 6) is 0. The topological polar surface area (TPSA) is 70.1 Å². The minimum absolute atomic E-state index is 0.0331. The molecule has 0 spiro atoms. The van der Waals surface area contributed by atoms with Crippen LogP contribution >= 0.6 is 0 Å². The van der Waals surface area contributed by atoms with Crippen molar-refractivity contribution in [3.05, 3.63) is 35.4 Å². The van der Waals surface area contributed by atoms with Crippen LogP contribution in [0.4, 0.5) is 4.79 Å². The van der Waals surface area contributed by atoms with Gasteiger partial charge in [-0.25, -0.2) is 4.79 Å². The molecule has 1 aliphatic rings. The van der Waals surface area contributed by atoms with Crippen LogP contribution in [0.1, 0.15) is 30.0 Å². The molecule has 16 heavy (non-hydrogen) atoms. The monoisotopic (exact) mass is 215 g/mol. The first-order chi connectivity index (χ1) is 7.72. The van der Waals surface area contributed by atoms with Gasteiger partial charge in [0.1, 0.15) is 0 Å². The van der Waals surface area contributed by atoms with E-state index in [-0.39, 0.29) is 12.1 Å². The Bertz CT molecular complexity index is 450. The molecular weight excluding hydrogens is 202 g/mol. The molecule has 0 aliphatic carbocycles. The van der Waals surface area contributed by atoms with Gasteiger partial charge in [0.25, 0.3) is 0 Å². The molecule has 1 aliphatic heterocycles. The number of amides is 2. The molecule has 2 amide bonds. The Hall–Kier alpha value is -2.02. The Morgan fingerprint density at radius 1 is 1.56 bits per heavy atom. The highest BCUT2D eigenvalue weighted by Gasteiger charge is 2.28. The molecule has 82 valence electrons. The van der Waals surface area contributed by atoms with Gasteiger partial charge < -0.3 is 10.6 Å². The molecule has 1 unspecified atom stereocenters. The van der Waals surface area contributed by atoms with Gasteiger partial charge in [0, 0.05) is 6.54 Å². The van der Waals surface area contributed by atoms with Gasteiger partial charge in [-0.1, -0.05) is 12.1 Å². The fraction of sp³-hybridized carbons (Fsp3) is 0.333.